The number of hydroxylamine groups is 2. The molecule has 1 unspecified atom stereocenters. The molecule has 1 atom stereocenters. The Morgan fingerprint density at radius 1 is 1.31 bits per heavy atom. The van der Waals surface area contributed by atoms with Gasteiger partial charge in [0.25, 0.3) is 0 Å². The second-order valence-electron chi connectivity index (χ2n) is 5.49. The van der Waals surface area contributed by atoms with Crippen LogP contribution in [0.15, 0.2) is 24.5 Å². The number of hydrogen-bond donors (Lipinski definition) is 1. The molecule has 1 N–H and O–H groups in total. The van der Waals surface area contributed by atoms with E-state index in [0.29, 0.717) is 5.92 Å². The lowest BCUT2D eigenvalue weighted by molar-refractivity contribution is -0.199. The predicted octanol–water partition coefficient (Wildman–Crippen LogP) is 3.27. The maximum Gasteiger partial charge on any atom is 0.0643 e. The van der Waals surface area contributed by atoms with Gasteiger partial charge >= 0.3 is 0 Å². The van der Waals surface area contributed by atoms with Gasteiger partial charge in [0.05, 0.1) is 6.04 Å². The highest BCUT2D eigenvalue weighted by molar-refractivity contribution is 5.14. The number of rotatable bonds is 3. The van der Waals surface area contributed by atoms with Crippen molar-refractivity contribution in [2.24, 2.45) is 5.92 Å². The first-order valence-electron chi connectivity index (χ1n) is 5.72. The van der Waals surface area contributed by atoms with E-state index in [1.807, 2.05) is 39.1 Å². The van der Waals surface area contributed by atoms with Crippen molar-refractivity contribution in [2.45, 2.75) is 46.2 Å². The third-order valence-corrected chi connectivity index (χ3v) is 2.61. The van der Waals surface area contributed by atoms with Crippen LogP contribution in [0.4, 0.5) is 0 Å². The Bertz CT molecular complexity index is 316. The lowest BCUT2D eigenvalue weighted by Gasteiger charge is -2.38. The summed E-state index contributed by atoms with van der Waals surface area (Å²) in [5, 5.41) is 11.7. The molecule has 1 aromatic heterocycles. The van der Waals surface area contributed by atoms with Gasteiger partial charge < -0.3 is 5.21 Å². The fourth-order valence-corrected chi connectivity index (χ4v) is 1.78. The largest absolute Gasteiger partial charge is 0.313 e. The van der Waals surface area contributed by atoms with Gasteiger partial charge in [-0.3, -0.25) is 4.98 Å². The molecule has 0 amide bonds. The van der Waals surface area contributed by atoms with Crippen molar-refractivity contribution in [3.05, 3.63) is 30.1 Å². The van der Waals surface area contributed by atoms with E-state index in [4.69, 9.17) is 0 Å². The molecule has 0 aliphatic carbocycles. The Balaban J connectivity index is 3.02. The van der Waals surface area contributed by atoms with Crippen molar-refractivity contribution in [1.29, 1.82) is 0 Å². The average molecular weight is 222 g/mol. The molecule has 0 spiro atoms. The van der Waals surface area contributed by atoms with Crippen molar-refractivity contribution >= 4 is 0 Å². The van der Waals surface area contributed by atoms with Crippen LogP contribution in [0.3, 0.4) is 0 Å². The quantitative estimate of drug-likeness (QED) is 0.797. The summed E-state index contributed by atoms with van der Waals surface area (Å²) in [5.41, 5.74) is 0.778. The molecule has 0 saturated heterocycles. The molecule has 0 saturated carbocycles. The molecule has 0 aliphatic heterocycles. The molecule has 1 aromatic rings. The van der Waals surface area contributed by atoms with Gasteiger partial charge in [0.15, 0.2) is 0 Å². The standard InChI is InChI=1S/C13H22N2O/c1-10(2)12(15(16)13(3,4)5)11-7-6-8-14-9-11/h6-10,12,16H,1-5H3. The van der Waals surface area contributed by atoms with Gasteiger partial charge in [-0.2, -0.15) is 5.06 Å². The summed E-state index contributed by atoms with van der Waals surface area (Å²) < 4.78 is 0. The molecule has 0 aliphatic rings. The Kier molecular flexibility index (Phi) is 4.05. The highest BCUT2D eigenvalue weighted by Gasteiger charge is 2.30. The monoisotopic (exact) mass is 222 g/mol. The SMILES string of the molecule is CC(C)C(c1cccnc1)N(O)C(C)(C)C. The van der Waals surface area contributed by atoms with Crippen LogP contribution in [0.5, 0.6) is 0 Å². The molecule has 0 aromatic carbocycles. The molecular formula is C13H22N2O. The third kappa shape index (κ3) is 3.03. The maximum absolute atomic E-state index is 10.3. The highest BCUT2D eigenvalue weighted by atomic mass is 16.5. The van der Waals surface area contributed by atoms with E-state index in [0.717, 1.165) is 5.56 Å². The molecule has 0 fully saturated rings. The topological polar surface area (TPSA) is 36.4 Å². The average Bonchev–Trinajstić information content (AvgIpc) is 2.17. The minimum atomic E-state index is -0.273. The van der Waals surface area contributed by atoms with Crippen LogP contribution in [0, 0.1) is 5.92 Å². The summed E-state index contributed by atoms with van der Waals surface area (Å²) in [6, 6.07) is 3.89. The Morgan fingerprint density at radius 2 is 1.94 bits per heavy atom. The van der Waals surface area contributed by atoms with E-state index >= 15 is 0 Å². The first-order valence-corrected chi connectivity index (χ1v) is 5.72. The van der Waals surface area contributed by atoms with Gasteiger partial charge in [-0.1, -0.05) is 19.9 Å². The van der Waals surface area contributed by atoms with E-state index in [1.165, 1.54) is 5.06 Å². The third-order valence-electron chi connectivity index (χ3n) is 2.61. The molecule has 3 heteroatoms. The number of nitrogens with zero attached hydrogens (tertiary/aromatic N) is 2. The predicted molar refractivity (Wildman–Crippen MR) is 65.2 cm³/mol. The van der Waals surface area contributed by atoms with Gasteiger partial charge in [-0.15, -0.1) is 0 Å². The normalized spacial score (nSPS) is 14.5. The highest BCUT2D eigenvalue weighted by Crippen LogP contribution is 2.31. The number of hydrogen-bond acceptors (Lipinski definition) is 3. The lowest BCUT2D eigenvalue weighted by Crippen LogP contribution is -2.43. The van der Waals surface area contributed by atoms with Crippen LogP contribution in [0.2, 0.25) is 0 Å². The molecule has 1 rings (SSSR count). The second kappa shape index (κ2) is 4.93. The fourth-order valence-electron chi connectivity index (χ4n) is 1.78. The van der Waals surface area contributed by atoms with E-state index in [1.54, 1.807) is 6.20 Å². The van der Waals surface area contributed by atoms with Crippen LogP contribution in [0.1, 0.15) is 46.2 Å². The molecule has 90 valence electrons. The van der Waals surface area contributed by atoms with E-state index < -0.39 is 0 Å². The zero-order valence-electron chi connectivity index (χ0n) is 10.8. The second-order valence-corrected chi connectivity index (χ2v) is 5.49. The van der Waals surface area contributed by atoms with Crippen molar-refractivity contribution < 1.29 is 5.21 Å². The summed E-state index contributed by atoms with van der Waals surface area (Å²) in [4.78, 5) is 4.11. The van der Waals surface area contributed by atoms with Crippen LogP contribution < -0.4 is 0 Å². The van der Waals surface area contributed by atoms with Gasteiger partial charge in [-0.05, 0) is 38.3 Å². The van der Waals surface area contributed by atoms with Gasteiger partial charge in [0, 0.05) is 17.9 Å². The molecule has 0 radical (unpaired) electrons. The van der Waals surface area contributed by atoms with Gasteiger partial charge in [0.2, 0.25) is 0 Å². The van der Waals surface area contributed by atoms with Crippen LogP contribution in [0.25, 0.3) is 0 Å². The molecule has 0 bridgehead atoms. The van der Waals surface area contributed by atoms with Crippen LogP contribution in [-0.4, -0.2) is 20.8 Å². The first kappa shape index (κ1) is 13.1. The summed E-state index contributed by atoms with van der Waals surface area (Å²) >= 11 is 0. The van der Waals surface area contributed by atoms with Crippen LogP contribution >= 0.6 is 0 Å². The van der Waals surface area contributed by atoms with Crippen molar-refractivity contribution in [2.75, 3.05) is 0 Å². The van der Waals surface area contributed by atoms with E-state index in [2.05, 4.69) is 18.8 Å². The van der Waals surface area contributed by atoms with Crippen molar-refractivity contribution in [1.82, 2.24) is 10.0 Å². The summed E-state index contributed by atoms with van der Waals surface area (Å²) in [7, 11) is 0. The molecule has 1 heterocycles. The molecular weight excluding hydrogens is 200 g/mol. The Morgan fingerprint density at radius 3 is 2.31 bits per heavy atom. The lowest BCUT2D eigenvalue weighted by atomic mass is 9.93. The first-order chi connectivity index (χ1) is 7.34. The summed E-state index contributed by atoms with van der Waals surface area (Å²) in [5.74, 6) is 0.327. The summed E-state index contributed by atoms with van der Waals surface area (Å²) in [6.45, 7) is 10.2. The molecule has 16 heavy (non-hydrogen) atoms. The maximum atomic E-state index is 10.3. The zero-order chi connectivity index (χ0) is 12.3. The Labute approximate surface area is 98.1 Å². The Hall–Kier alpha value is -0.930. The van der Waals surface area contributed by atoms with Crippen molar-refractivity contribution in [3.63, 3.8) is 0 Å². The van der Waals surface area contributed by atoms with Crippen LogP contribution in [-0.2, 0) is 0 Å². The molecule has 3 nitrogen and oxygen atoms in total. The minimum Gasteiger partial charge on any atom is -0.313 e. The van der Waals surface area contributed by atoms with Gasteiger partial charge in [-0.25, -0.2) is 0 Å². The smallest absolute Gasteiger partial charge is 0.0643 e. The minimum absolute atomic E-state index is 0.0197. The number of pyridine rings is 1. The summed E-state index contributed by atoms with van der Waals surface area (Å²) in [6.07, 6.45) is 3.57. The van der Waals surface area contributed by atoms with Crippen molar-refractivity contribution in [3.8, 4) is 0 Å². The van der Waals surface area contributed by atoms with E-state index in [-0.39, 0.29) is 11.6 Å². The number of aromatic nitrogens is 1. The fraction of sp³-hybridized carbons (Fsp3) is 0.615. The van der Waals surface area contributed by atoms with E-state index in [9.17, 15) is 5.21 Å². The zero-order valence-corrected chi connectivity index (χ0v) is 10.8. The van der Waals surface area contributed by atoms with Gasteiger partial charge in [0.1, 0.15) is 0 Å².